The van der Waals surface area contributed by atoms with Crippen molar-refractivity contribution in [2.75, 3.05) is 32.5 Å². The van der Waals surface area contributed by atoms with Crippen molar-refractivity contribution >= 4 is 17.6 Å². The van der Waals surface area contributed by atoms with Gasteiger partial charge in [0.25, 0.3) is 0 Å². The summed E-state index contributed by atoms with van der Waals surface area (Å²) in [5.41, 5.74) is 0.869. The van der Waals surface area contributed by atoms with E-state index in [1.165, 1.54) is 25.2 Å². The lowest BCUT2D eigenvalue weighted by Crippen LogP contribution is -2.38. The zero-order valence-corrected chi connectivity index (χ0v) is 12.5. The summed E-state index contributed by atoms with van der Waals surface area (Å²) < 4.78 is 28.5. The first kappa shape index (κ1) is 16.0. The third kappa shape index (κ3) is 2.94. The van der Waals surface area contributed by atoms with Crippen LogP contribution in [0.2, 0.25) is 0 Å². The van der Waals surface area contributed by atoms with E-state index in [4.69, 9.17) is 9.47 Å². The molecule has 0 aromatic heterocycles. The normalized spacial score (nSPS) is 14.8. The van der Waals surface area contributed by atoms with Gasteiger partial charge in [-0.25, -0.2) is 14.0 Å². The largest absolute Gasteiger partial charge is 0.466 e. The molecule has 0 atom stereocenters. The van der Waals surface area contributed by atoms with Crippen LogP contribution in [-0.4, -0.2) is 39.5 Å². The summed E-state index contributed by atoms with van der Waals surface area (Å²) in [6.07, 6.45) is 0. The molecule has 0 bridgehead atoms. The van der Waals surface area contributed by atoms with E-state index in [0.717, 1.165) is 0 Å². The lowest BCUT2D eigenvalue weighted by molar-refractivity contribution is -0.140. The minimum Gasteiger partial charge on any atom is -0.466 e. The lowest BCUT2D eigenvalue weighted by Gasteiger charge is -2.31. The quantitative estimate of drug-likeness (QED) is 0.789. The van der Waals surface area contributed by atoms with Crippen molar-refractivity contribution in [3.05, 3.63) is 40.8 Å². The number of esters is 2. The van der Waals surface area contributed by atoms with Crippen molar-refractivity contribution < 1.29 is 28.2 Å². The third-order valence-electron chi connectivity index (χ3n) is 3.30. The molecule has 6 nitrogen and oxygen atoms in total. The van der Waals surface area contributed by atoms with Crippen LogP contribution in [0, 0.1) is 12.7 Å². The maximum atomic E-state index is 13.8. The number of aryl methyl sites for hydroxylation is 1. The molecule has 1 aliphatic rings. The molecule has 0 amide bonds. The molecule has 0 saturated carbocycles. The monoisotopic (exact) mass is 309 g/mol. The van der Waals surface area contributed by atoms with Gasteiger partial charge >= 0.3 is 11.9 Å². The van der Waals surface area contributed by atoms with E-state index in [1.54, 1.807) is 19.1 Å². The van der Waals surface area contributed by atoms with Gasteiger partial charge < -0.3 is 19.1 Å². The molecule has 1 aromatic carbocycles. The van der Waals surface area contributed by atoms with Gasteiger partial charge in [-0.1, -0.05) is 6.07 Å². The van der Waals surface area contributed by atoms with Crippen molar-refractivity contribution in [2.24, 2.45) is 0 Å². The maximum Gasteiger partial charge on any atom is 0.355 e. The minimum absolute atomic E-state index is 0.00652. The van der Waals surface area contributed by atoms with Gasteiger partial charge in [0.15, 0.2) is 0 Å². The summed E-state index contributed by atoms with van der Waals surface area (Å²) >= 11 is 0. The number of benzene rings is 1. The first-order valence-electron chi connectivity index (χ1n) is 6.50. The van der Waals surface area contributed by atoms with Crippen LogP contribution in [0.4, 0.5) is 10.1 Å². The summed E-state index contributed by atoms with van der Waals surface area (Å²) in [7, 11) is 2.41. The second kappa shape index (κ2) is 6.57. The fourth-order valence-electron chi connectivity index (χ4n) is 2.10. The molecule has 7 heteroatoms. The zero-order valence-electron chi connectivity index (χ0n) is 12.5. The molecule has 1 aromatic rings. The number of rotatable bonds is 3. The van der Waals surface area contributed by atoms with Crippen LogP contribution >= 0.6 is 0 Å². The summed E-state index contributed by atoms with van der Waals surface area (Å²) in [5, 5.41) is 0. The van der Waals surface area contributed by atoms with Crippen molar-refractivity contribution in [1.82, 2.24) is 0 Å². The highest BCUT2D eigenvalue weighted by atomic mass is 19.1. The molecule has 0 saturated heterocycles. The first-order valence-corrected chi connectivity index (χ1v) is 6.50. The molecular formula is C15H16FNO5. The van der Waals surface area contributed by atoms with E-state index in [2.05, 4.69) is 4.74 Å². The van der Waals surface area contributed by atoms with E-state index < -0.39 is 17.8 Å². The molecule has 0 unspecified atom stereocenters. The molecule has 22 heavy (non-hydrogen) atoms. The Morgan fingerprint density at radius 3 is 2.50 bits per heavy atom. The number of methoxy groups -OCH3 is 2. The number of ether oxygens (including phenoxy) is 3. The second-order valence-electron chi connectivity index (χ2n) is 4.65. The summed E-state index contributed by atoms with van der Waals surface area (Å²) in [4.78, 5) is 25.3. The highest BCUT2D eigenvalue weighted by Gasteiger charge is 2.32. The number of nitrogens with zero attached hydrogens (tertiary/aromatic N) is 1. The Hall–Kier alpha value is -2.41. The Balaban J connectivity index is 2.54. The average Bonchev–Trinajstić information content (AvgIpc) is 2.55. The fourth-order valence-corrected chi connectivity index (χ4v) is 2.10. The Morgan fingerprint density at radius 1 is 1.23 bits per heavy atom. The van der Waals surface area contributed by atoms with Crippen molar-refractivity contribution in [3.8, 4) is 0 Å². The van der Waals surface area contributed by atoms with Gasteiger partial charge in [-0.2, -0.15) is 0 Å². The Bertz CT molecular complexity index is 641. The van der Waals surface area contributed by atoms with Crippen LogP contribution in [0.3, 0.4) is 0 Å². The van der Waals surface area contributed by atoms with E-state index in [1.807, 2.05) is 0 Å². The van der Waals surface area contributed by atoms with E-state index >= 15 is 0 Å². The van der Waals surface area contributed by atoms with Gasteiger partial charge in [0.2, 0.25) is 0 Å². The zero-order chi connectivity index (χ0) is 16.3. The van der Waals surface area contributed by atoms with Gasteiger partial charge in [0.05, 0.1) is 26.4 Å². The van der Waals surface area contributed by atoms with Crippen molar-refractivity contribution in [1.29, 1.82) is 0 Å². The van der Waals surface area contributed by atoms with Crippen LogP contribution in [0.15, 0.2) is 29.5 Å². The fraction of sp³-hybridized carbons (Fsp3) is 0.333. The van der Waals surface area contributed by atoms with Gasteiger partial charge in [0, 0.05) is 5.69 Å². The van der Waals surface area contributed by atoms with Gasteiger partial charge in [0.1, 0.15) is 18.2 Å². The van der Waals surface area contributed by atoms with Crippen LogP contribution < -0.4 is 4.90 Å². The predicted molar refractivity (Wildman–Crippen MR) is 75.5 cm³/mol. The SMILES string of the molecule is COC(=O)C1=C(C(=O)OC)N(c2ccc(C)c(F)c2)COC1. The number of anilines is 1. The predicted octanol–water partition coefficient (Wildman–Crippen LogP) is 1.53. The lowest BCUT2D eigenvalue weighted by atomic mass is 10.1. The average molecular weight is 309 g/mol. The Kier molecular flexibility index (Phi) is 4.77. The molecule has 0 spiro atoms. The molecule has 118 valence electrons. The number of hydrogen-bond donors (Lipinski definition) is 0. The van der Waals surface area contributed by atoms with Gasteiger partial charge in [-0.15, -0.1) is 0 Å². The number of halogens is 1. The molecule has 0 fully saturated rings. The molecule has 1 aliphatic heterocycles. The van der Waals surface area contributed by atoms with Crippen molar-refractivity contribution in [3.63, 3.8) is 0 Å². The molecule has 0 radical (unpaired) electrons. The number of carbonyl (C=O) groups is 2. The summed E-state index contributed by atoms with van der Waals surface area (Å²) in [6, 6.07) is 4.47. The number of carbonyl (C=O) groups excluding carboxylic acids is 2. The summed E-state index contributed by atoms with van der Waals surface area (Å²) in [6.45, 7) is 1.54. The van der Waals surface area contributed by atoms with Gasteiger partial charge in [-0.3, -0.25) is 0 Å². The van der Waals surface area contributed by atoms with Crippen LogP contribution in [0.1, 0.15) is 5.56 Å². The van der Waals surface area contributed by atoms with E-state index in [0.29, 0.717) is 11.3 Å². The molecular weight excluding hydrogens is 293 g/mol. The smallest absolute Gasteiger partial charge is 0.355 e. The summed E-state index contributed by atoms with van der Waals surface area (Å²) in [5.74, 6) is -1.84. The highest BCUT2D eigenvalue weighted by Crippen LogP contribution is 2.27. The second-order valence-corrected chi connectivity index (χ2v) is 4.65. The Labute approximate surface area is 127 Å². The standard InChI is InChI=1S/C15H16FNO5/c1-9-4-5-10(6-12(9)16)17-8-22-7-11(14(18)20-2)13(17)15(19)21-3/h4-6H,7-8H2,1-3H3. The van der Waals surface area contributed by atoms with Crippen LogP contribution in [-0.2, 0) is 23.8 Å². The minimum atomic E-state index is -0.718. The maximum absolute atomic E-state index is 13.8. The third-order valence-corrected chi connectivity index (χ3v) is 3.30. The molecule has 0 N–H and O–H groups in total. The van der Waals surface area contributed by atoms with Crippen molar-refractivity contribution in [2.45, 2.75) is 6.92 Å². The van der Waals surface area contributed by atoms with Crippen LogP contribution in [0.25, 0.3) is 0 Å². The molecule has 2 rings (SSSR count). The topological polar surface area (TPSA) is 65.1 Å². The van der Waals surface area contributed by atoms with E-state index in [-0.39, 0.29) is 24.6 Å². The van der Waals surface area contributed by atoms with Crippen LogP contribution in [0.5, 0.6) is 0 Å². The highest BCUT2D eigenvalue weighted by molar-refractivity contribution is 6.03. The molecule has 0 aliphatic carbocycles. The Morgan fingerprint density at radius 2 is 1.91 bits per heavy atom. The first-order chi connectivity index (χ1) is 10.5. The van der Waals surface area contributed by atoms with Gasteiger partial charge in [-0.05, 0) is 24.6 Å². The number of hydrogen-bond acceptors (Lipinski definition) is 6. The van der Waals surface area contributed by atoms with E-state index in [9.17, 15) is 14.0 Å². The molecule has 1 heterocycles.